The van der Waals surface area contributed by atoms with E-state index < -0.39 is 0 Å². The molecule has 0 amide bonds. The topological polar surface area (TPSA) is 28.7 Å². The van der Waals surface area contributed by atoms with Gasteiger partial charge in [0.15, 0.2) is 0 Å². The Kier molecular flexibility index (Phi) is 5.29. The Labute approximate surface area is 112 Å². The summed E-state index contributed by atoms with van der Waals surface area (Å²) in [5.74, 6) is 0.958. The summed E-state index contributed by atoms with van der Waals surface area (Å²) in [6.07, 6.45) is 3.64. The van der Waals surface area contributed by atoms with Gasteiger partial charge in [0.25, 0.3) is 0 Å². The normalized spacial score (nSPS) is 9.62. The summed E-state index contributed by atoms with van der Waals surface area (Å²) in [5.41, 5.74) is 5.07. The fourth-order valence-electron chi connectivity index (χ4n) is 1.96. The standard InChI is InChI=1S/C12H14N2.Ag.ClH/c1-8-6-9(2)11(10(3)7-8)12-13-4-5-14-12;;/h4-7H,1-3H3,(H,13,14);;1H/q;+1;/p-1. The van der Waals surface area contributed by atoms with Crippen LogP contribution in [0.15, 0.2) is 24.5 Å². The van der Waals surface area contributed by atoms with Crippen LogP contribution in [0.2, 0.25) is 0 Å². The summed E-state index contributed by atoms with van der Waals surface area (Å²) in [4.78, 5) is 7.43. The van der Waals surface area contributed by atoms with Gasteiger partial charge in [-0.2, -0.15) is 0 Å². The molecule has 2 rings (SSSR count). The number of rotatable bonds is 1. The summed E-state index contributed by atoms with van der Waals surface area (Å²) in [7, 11) is 4.45. The summed E-state index contributed by atoms with van der Waals surface area (Å²) < 4.78 is 0. The molecule has 0 spiro atoms. The van der Waals surface area contributed by atoms with E-state index in [4.69, 9.17) is 0 Å². The zero-order valence-electron chi connectivity index (χ0n) is 9.44. The number of hydrogen-bond acceptors (Lipinski definition) is 1. The van der Waals surface area contributed by atoms with E-state index in [2.05, 4.69) is 72.0 Å². The zero-order chi connectivity index (χ0) is 12.1. The maximum absolute atomic E-state index is 4.45. The summed E-state index contributed by atoms with van der Waals surface area (Å²) in [6, 6.07) is 4.37. The maximum atomic E-state index is 4.45. The van der Waals surface area contributed by atoms with Crippen molar-refractivity contribution in [3.8, 4) is 11.4 Å². The second-order valence-electron chi connectivity index (χ2n) is 3.71. The molecular formula is C12H14AgClN2. The number of aryl methyl sites for hydroxylation is 3. The van der Waals surface area contributed by atoms with Crippen LogP contribution >= 0.6 is 9.19 Å². The molecule has 0 fully saturated rings. The van der Waals surface area contributed by atoms with Gasteiger partial charge in [-0.05, 0) is 31.9 Å². The molecule has 2 aromatic rings. The van der Waals surface area contributed by atoms with Crippen LogP contribution in [0.3, 0.4) is 0 Å². The van der Waals surface area contributed by atoms with Crippen molar-refractivity contribution >= 4 is 9.19 Å². The van der Waals surface area contributed by atoms with Crippen molar-refractivity contribution in [3.05, 3.63) is 41.2 Å². The van der Waals surface area contributed by atoms with Crippen molar-refractivity contribution in [2.45, 2.75) is 20.8 Å². The van der Waals surface area contributed by atoms with E-state index in [1.54, 1.807) is 6.20 Å². The predicted molar refractivity (Wildman–Crippen MR) is 64.1 cm³/mol. The van der Waals surface area contributed by atoms with Gasteiger partial charge in [-0.1, -0.05) is 17.7 Å². The Hall–Kier alpha value is -0.540. The minimum absolute atomic E-state index is 0.958. The SMILES string of the molecule is Cc1cc(C)c(-c2ncc[nH]2)c(C)c1.[Cl][Ag]. The third kappa shape index (κ3) is 2.98. The van der Waals surface area contributed by atoms with Gasteiger partial charge in [0.1, 0.15) is 5.82 Å². The first-order chi connectivity index (χ1) is 7.68. The molecule has 0 bridgehead atoms. The van der Waals surface area contributed by atoms with Crippen LogP contribution in [0.25, 0.3) is 11.4 Å². The third-order valence-electron chi connectivity index (χ3n) is 2.41. The molecule has 0 saturated carbocycles. The summed E-state index contributed by atoms with van der Waals surface area (Å²) in [5, 5.41) is 0. The van der Waals surface area contributed by atoms with Gasteiger partial charge in [-0.15, -0.1) is 0 Å². The van der Waals surface area contributed by atoms with E-state index in [1.165, 1.54) is 22.3 Å². The third-order valence-corrected chi connectivity index (χ3v) is 2.41. The van der Waals surface area contributed by atoms with Gasteiger partial charge in [-0.3, -0.25) is 0 Å². The first kappa shape index (κ1) is 13.5. The Balaban J connectivity index is 0.000000606. The molecule has 16 heavy (non-hydrogen) atoms. The molecule has 0 atom stereocenters. The Morgan fingerprint density at radius 3 is 2.12 bits per heavy atom. The number of benzene rings is 1. The van der Waals surface area contributed by atoms with Crippen LogP contribution < -0.4 is 0 Å². The van der Waals surface area contributed by atoms with E-state index in [-0.39, 0.29) is 0 Å². The molecule has 90 valence electrons. The molecule has 0 aliphatic heterocycles. The molecule has 4 heteroatoms. The number of nitrogens with one attached hydrogen (secondary N) is 1. The quantitative estimate of drug-likeness (QED) is 0.794. The molecular weight excluding hydrogens is 315 g/mol. The van der Waals surface area contributed by atoms with Crippen molar-refractivity contribution in [1.29, 1.82) is 0 Å². The average Bonchev–Trinajstić information content (AvgIpc) is 2.72. The molecule has 0 aliphatic rings. The van der Waals surface area contributed by atoms with Crippen molar-refractivity contribution in [1.82, 2.24) is 9.97 Å². The van der Waals surface area contributed by atoms with Crippen LogP contribution in [-0.4, -0.2) is 9.97 Å². The molecule has 0 aliphatic carbocycles. The van der Waals surface area contributed by atoms with Crippen molar-refractivity contribution in [2.24, 2.45) is 0 Å². The van der Waals surface area contributed by atoms with E-state index >= 15 is 0 Å². The fourth-order valence-corrected chi connectivity index (χ4v) is 1.96. The van der Waals surface area contributed by atoms with Gasteiger partial charge < -0.3 is 4.98 Å². The molecule has 1 aromatic heterocycles. The summed E-state index contributed by atoms with van der Waals surface area (Å²) in [6.45, 7) is 6.36. The van der Waals surface area contributed by atoms with Crippen LogP contribution in [0.1, 0.15) is 16.7 Å². The number of halogens is 1. The first-order valence-corrected chi connectivity index (χ1v) is 6.78. The van der Waals surface area contributed by atoms with E-state index in [9.17, 15) is 0 Å². The van der Waals surface area contributed by atoms with Crippen LogP contribution in [0, 0.1) is 20.8 Å². The van der Waals surface area contributed by atoms with Crippen molar-refractivity contribution in [2.75, 3.05) is 0 Å². The van der Waals surface area contributed by atoms with E-state index in [1.807, 2.05) is 6.20 Å². The number of imidazole rings is 1. The van der Waals surface area contributed by atoms with Gasteiger partial charge in [0.05, 0.1) is 0 Å². The molecule has 1 heterocycles. The van der Waals surface area contributed by atoms with Gasteiger partial charge in [0, 0.05) is 18.0 Å². The second kappa shape index (κ2) is 6.26. The molecule has 0 radical (unpaired) electrons. The summed E-state index contributed by atoms with van der Waals surface area (Å²) >= 11 is 2.42. The van der Waals surface area contributed by atoms with Crippen molar-refractivity contribution < 1.29 is 20.0 Å². The fraction of sp³-hybridized carbons (Fsp3) is 0.250. The van der Waals surface area contributed by atoms with Gasteiger partial charge >= 0.3 is 29.2 Å². The Morgan fingerprint density at radius 1 is 1.12 bits per heavy atom. The van der Waals surface area contributed by atoms with E-state index in [0.717, 1.165) is 5.82 Å². The van der Waals surface area contributed by atoms with Gasteiger partial charge in [-0.25, -0.2) is 4.98 Å². The minimum atomic E-state index is 0.958. The van der Waals surface area contributed by atoms with Crippen LogP contribution in [0.5, 0.6) is 0 Å². The zero-order valence-corrected chi connectivity index (χ0v) is 11.7. The van der Waals surface area contributed by atoms with Gasteiger partial charge in [0.2, 0.25) is 0 Å². The second-order valence-corrected chi connectivity index (χ2v) is 3.71. The average molecular weight is 330 g/mol. The molecule has 1 N–H and O–H groups in total. The molecule has 1 aromatic carbocycles. The number of H-pyrrole nitrogens is 1. The number of aromatic amines is 1. The van der Waals surface area contributed by atoms with Crippen molar-refractivity contribution in [3.63, 3.8) is 0 Å². The Bertz CT molecular complexity index is 429. The van der Waals surface area contributed by atoms with Crippen LogP contribution in [-0.2, 0) is 20.0 Å². The van der Waals surface area contributed by atoms with E-state index in [0.29, 0.717) is 0 Å². The predicted octanol–water partition coefficient (Wildman–Crippen LogP) is 3.69. The van der Waals surface area contributed by atoms with Crippen LogP contribution in [0.4, 0.5) is 0 Å². The first-order valence-electron chi connectivity index (χ1n) is 4.87. The Morgan fingerprint density at radius 2 is 1.69 bits per heavy atom. The monoisotopic (exact) mass is 328 g/mol. The molecule has 2 nitrogen and oxygen atoms in total. The number of hydrogen-bond donors (Lipinski definition) is 1. The molecule has 0 unspecified atom stereocenters. The number of nitrogens with zero attached hydrogens (tertiary/aromatic N) is 1. The molecule has 0 saturated heterocycles. The number of aromatic nitrogens is 2.